The van der Waals surface area contributed by atoms with Gasteiger partial charge in [0.05, 0.1) is 36.2 Å². The van der Waals surface area contributed by atoms with Crippen molar-refractivity contribution in [3.05, 3.63) is 34.2 Å². The molecule has 9 heteroatoms. The van der Waals surface area contributed by atoms with Gasteiger partial charge in [0.25, 0.3) is 5.56 Å². The fourth-order valence-corrected chi connectivity index (χ4v) is 6.28. The van der Waals surface area contributed by atoms with E-state index in [1.165, 1.54) is 18.2 Å². The van der Waals surface area contributed by atoms with Gasteiger partial charge in [0, 0.05) is 23.8 Å². The van der Waals surface area contributed by atoms with E-state index < -0.39 is 0 Å². The van der Waals surface area contributed by atoms with Crippen molar-refractivity contribution in [2.24, 2.45) is 0 Å². The number of hydrogen-bond donors (Lipinski definition) is 1. The normalized spacial score (nSPS) is 18.3. The molecule has 1 aliphatic heterocycles. The first-order chi connectivity index (χ1) is 15.5. The van der Waals surface area contributed by atoms with Crippen molar-refractivity contribution in [1.82, 2.24) is 9.55 Å². The Labute approximate surface area is 196 Å². The molecule has 0 bridgehead atoms. The average Bonchev–Trinajstić information content (AvgIpc) is 3.19. The summed E-state index contributed by atoms with van der Waals surface area (Å²) in [7, 11) is 3.13. The van der Waals surface area contributed by atoms with E-state index in [9.17, 15) is 9.59 Å². The molecule has 1 aromatic carbocycles. The molecule has 1 aliphatic carbocycles. The SMILES string of the molecule is COc1ccc(NC(=O)CSc2nc3c(c(=O)n2C2CCCCC2)SC(C)C3)c(OC)c1. The molecule has 7 nitrogen and oxygen atoms in total. The molecule has 1 amide bonds. The maximum atomic E-state index is 13.4. The molecule has 0 spiro atoms. The number of benzene rings is 1. The van der Waals surface area contributed by atoms with Crippen LogP contribution in [-0.4, -0.2) is 40.7 Å². The fourth-order valence-electron chi connectivity index (χ4n) is 4.29. The first kappa shape index (κ1) is 23.0. The van der Waals surface area contributed by atoms with E-state index in [0.29, 0.717) is 27.6 Å². The number of hydrogen-bond acceptors (Lipinski definition) is 7. The van der Waals surface area contributed by atoms with Crippen LogP contribution in [0.3, 0.4) is 0 Å². The highest BCUT2D eigenvalue weighted by atomic mass is 32.2. The van der Waals surface area contributed by atoms with E-state index in [4.69, 9.17) is 14.5 Å². The Morgan fingerprint density at radius 2 is 2.03 bits per heavy atom. The van der Waals surface area contributed by atoms with Gasteiger partial charge in [-0.1, -0.05) is 37.9 Å². The zero-order valence-electron chi connectivity index (χ0n) is 18.7. The molecule has 0 saturated heterocycles. The van der Waals surface area contributed by atoms with Crippen molar-refractivity contribution in [2.45, 2.75) is 66.8 Å². The van der Waals surface area contributed by atoms with Crippen molar-refractivity contribution >= 4 is 35.1 Å². The van der Waals surface area contributed by atoms with E-state index in [1.807, 2.05) is 4.57 Å². The van der Waals surface area contributed by atoms with Gasteiger partial charge < -0.3 is 14.8 Å². The molecule has 2 heterocycles. The van der Waals surface area contributed by atoms with Gasteiger partial charge in [0.15, 0.2) is 5.16 Å². The van der Waals surface area contributed by atoms with Crippen LogP contribution >= 0.6 is 23.5 Å². The van der Waals surface area contributed by atoms with E-state index in [-0.39, 0.29) is 23.3 Å². The Bertz CT molecular complexity index is 1050. The molecule has 1 saturated carbocycles. The summed E-state index contributed by atoms with van der Waals surface area (Å²) in [6.45, 7) is 2.12. The standard InChI is InChI=1S/C23H29N3O4S2/c1-14-11-18-21(32-14)22(28)26(15-7-5-4-6-8-15)23(25-18)31-13-20(27)24-17-10-9-16(29-2)12-19(17)30-3/h9-10,12,14-15H,4-8,11,13H2,1-3H3,(H,24,27). The molecule has 32 heavy (non-hydrogen) atoms. The molecule has 1 atom stereocenters. The lowest BCUT2D eigenvalue weighted by atomic mass is 9.95. The summed E-state index contributed by atoms with van der Waals surface area (Å²) in [6, 6.07) is 5.42. The second kappa shape index (κ2) is 10.2. The topological polar surface area (TPSA) is 82.5 Å². The summed E-state index contributed by atoms with van der Waals surface area (Å²) in [6.07, 6.45) is 6.24. The molecule has 1 fully saturated rings. The molecule has 4 rings (SSSR count). The van der Waals surface area contributed by atoms with Crippen LogP contribution in [-0.2, 0) is 11.2 Å². The van der Waals surface area contributed by atoms with Gasteiger partial charge in [-0.15, -0.1) is 11.8 Å². The summed E-state index contributed by atoms with van der Waals surface area (Å²) in [5.41, 5.74) is 1.52. The second-order valence-corrected chi connectivity index (χ2v) is 10.6. The van der Waals surface area contributed by atoms with Crippen molar-refractivity contribution < 1.29 is 14.3 Å². The average molecular weight is 476 g/mol. The van der Waals surface area contributed by atoms with Crippen LogP contribution in [0.4, 0.5) is 5.69 Å². The van der Waals surface area contributed by atoms with Crippen molar-refractivity contribution in [2.75, 3.05) is 25.3 Å². The number of nitrogens with one attached hydrogen (secondary N) is 1. The minimum atomic E-state index is -0.175. The number of anilines is 1. The van der Waals surface area contributed by atoms with Crippen LogP contribution in [0.15, 0.2) is 33.0 Å². The number of fused-ring (bicyclic) bond motifs is 1. The molecule has 172 valence electrons. The summed E-state index contributed by atoms with van der Waals surface area (Å²) in [5, 5.41) is 3.91. The zero-order chi connectivity index (χ0) is 22.7. The highest BCUT2D eigenvalue weighted by Crippen LogP contribution is 2.37. The van der Waals surface area contributed by atoms with Gasteiger partial charge in [-0.05, 0) is 25.0 Å². The summed E-state index contributed by atoms with van der Waals surface area (Å²) in [4.78, 5) is 31.7. The van der Waals surface area contributed by atoms with Crippen LogP contribution in [0.25, 0.3) is 0 Å². The fraction of sp³-hybridized carbons (Fsp3) is 0.522. The Kier molecular flexibility index (Phi) is 7.35. The number of rotatable bonds is 7. The number of amides is 1. The van der Waals surface area contributed by atoms with Crippen LogP contribution in [0.2, 0.25) is 0 Å². The van der Waals surface area contributed by atoms with Crippen molar-refractivity contribution in [1.29, 1.82) is 0 Å². The lowest BCUT2D eigenvalue weighted by Gasteiger charge is -2.26. The molecule has 2 aliphatic rings. The quantitative estimate of drug-likeness (QED) is 0.465. The van der Waals surface area contributed by atoms with Gasteiger partial charge in [0.2, 0.25) is 5.91 Å². The Balaban J connectivity index is 1.54. The highest BCUT2D eigenvalue weighted by Gasteiger charge is 2.29. The minimum absolute atomic E-state index is 0.0657. The third kappa shape index (κ3) is 4.93. The lowest BCUT2D eigenvalue weighted by molar-refractivity contribution is -0.113. The van der Waals surface area contributed by atoms with Gasteiger partial charge in [-0.2, -0.15) is 0 Å². The molecule has 1 unspecified atom stereocenters. The number of carbonyl (C=O) groups excluding carboxylic acids is 1. The molecule has 1 N–H and O–H groups in total. The van der Waals surface area contributed by atoms with E-state index in [2.05, 4.69) is 12.2 Å². The minimum Gasteiger partial charge on any atom is -0.497 e. The summed E-state index contributed by atoms with van der Waals surface area (Å²) < 4.78 is 12.4. The maximum Gasteiger partial charge on any atom is 0.268 e. The molecule has 0 radical (unpaired) electrons. The largest absolute Gasteiger partial charge is 0.497 e. The third-order valence-corrected chi connectivity index (χ3v) is 8.03. The molecular formula is C23H29N3O4S2. The van der Waals surface area contributed by atoms with Gasteiger partial charge in [0.1, 0.15) is 11.5 Å². The predicted octanol–water partition coefficient (Wildman–Crippen LogP) is 4.53. The number of carbonyl (C=O) groups is 1. The highest BCUT2D eigenvalue weighted by molar-refractivity contribution is 8.00. The number of aromatic nitrogens is 2. The molecule has 1 aromatic heterocycles. The predicted molar refractivity (Wildman–Crippen MR) is 129 cm³/mol. The number of ether oxygens (including phenoxy) is 2. The first-order valence-corrected chi connectivity index (χ1v) is 12.8. The van der Waals surface area contributed by atoms with Gasteiger partial charge in [-0.25, -0.2) is 4.98 Å². The number of nitrogens with zero attached hydrogens (tertiary/aromatic N) is 2. The molecular weight excluding hydrogens is 446 g/mol. The van der Waals surface area contributed by atoms with Crippen molar-refractivity contribution in [3.63, 3.8) is 0 Å². The molecule has 2 aromatic rings. The smallest absolute Gasteiger partial charge is 0.268 e. The monoisotopic (exact) mass is 475 g/mol. The van der Waals surface area contributed by atoms with E-state index in [0.717, 1.165) is 42.7 Å². The van der Waals surface area contributed by atoms with Crippen LogP contribution in [0.5, 0.6) is 11.5 Å². The Morgan fingerprint density at radius 1 is 1.25 bits per heavy atom. The van der Waals surface area contributed by atoms with Crippen molar-refractivity contribution in [3.8, 4) is 11.5 Å². The lowest BCUT2D eigenvalue weighted by Crippen LogP contribution is -2.30. The first-order valence-electron chi connectivity index (χ1n) is 11.0. The maximum absolute atomic E-state index is 13.4. The number of methoxy groups -OCH3 is 2. The zero-order valence-corrected chi connectivity index (χ0v) is 20.3. The van der Waals surface area contributed by atoms with Crippen LogP contribution in [0.1, 0.15) is 50.8 Å². The Morgan fingerprint density at radius 3 is 2.75 bits per heavy atom. The van der Waals surface area contributed by atoms with Gasteiger partial charge in [-0.3, -0.25) is 14.2 Å². The van der Waals surface area contributed by atoms with Gasteiger partial charge >= 0.3 is 0 Å². The van der Waals surface area contributed by atoms with E-state index >= 15 is 0 Å². The van der Waals surface area contributed by atoms with E-state index in [1.54, 1.807) is 44.2 Å². The third-order valence-electron chi connectivity index (χ3n) is 5.87. The Hall–Kier alpha value is -2.13. The number of thioether (sulfide) groups is 2. The summed E-state index contributed by atoms with van der Waals surface area (Å²) in [5.74, 6) is 1.17. The van der Waals surface area contributed by atoms with Crippen LogP contribution in [0, 0.1) is 0 Å². The second-order valence-electron chi connectivity index (χ2n) is 8.17. The summed E-state index contributed by atoms with van der Waals surface area (Å²) >= 11 is 2.96. The van der Waals surface area contributed by atoms with Crippen LogP contribution < -0.4 is 20.3 Å².